The van der Waals surface area contributed by atoms with Crippen molar-refractivity contribution in [2.45, 2.75) is 19.8 Å². The summed E-state index contributed by atoms with van der Waals surface area (Å²) in [5, 5.41) is 4.92. The quantitative estimate of drug-likeness (QED) is 0.687. The maximum Gasteiger partial charge on any atom is 0.248 e. The third-order valence-corrected chi connectivity index (χ3v) is 3.97. The summed E-state index contributed by atoms with van der Waals surface area (Å²) in [6, 6.07) is 15.9. The zero-order valence-corrected chi connectivity index (χ0v) is 13.9. The normalized spacial score (nSPS) is 11.3. The molecule has 3 heteroatoms. The molecule has 0 unspecified atom stereocenters. The molecule has 1 N–H and O–H groups in total. The van der Waals surface area contributed by atoms with E-state index >= 15 is 0 Å². The fraction of sp³-hybridized carbons (Fsp3) is 0.143. The highest BCUT2D eigenvalue weighted by Gasteiger charge is 2.03. The van der Waals surface area contributed by atoms with E-state index in [1.165, 1.54) is 5.56 Å². The molecule has 0 aliphatic heterocycles. The Morgan fingerprint density at radius 2 is 1.88 bits per heavy atom. The predicted octanol–water partition coefficient (Wildman–Crippen LogP) is 5.01. The molecule has 0 radical (unpaired) electrons. The average molecular weight is 316 g/mol. The Morgan fingerprint density at radius 1 is 1.08 bits per heavy atom. The molecule has 3 rings (SSSR count). The highest BCUT2D eigenvalue weighted by Crippen LogP contribution is 2.22. The minimum atomic E-state index is -0.146. The van der Waals surface area contributed by atoms with Gasteiger partial charge in [0, 0.05) is 34.9 Å². The second-order valence-corrected chi connectivity index (χ2v) is 6.05. The molecule has 1 aromatic heterocycles. The maximum atomic E-state index is 12.2. The third kappa shape index (κ3) is 3.69. The summed E-state index contributed by atoms with van der Waals surface area (Å²) in [6.07, 6.45) is 6.90. The lowest BCUT2D eigenvalue weighted by Gasteiger charge is -2.06. The lowest BCUT2D eigenvalue weighted by atomic mass is 10.0. The number of anilines is 1. The van der Waals surface area contributed by atoms with E-state index in [0.717, 1.165) is 22.0 Å². The molecule has 24 heavy (non-hydrogen) atoms. The van der Waals surface area contributed by atoms with Gasteiger partial charge >= 0.3 is 0 Å². The van der Waals surface area contributed by atoms with E-state index in [-0.39, 0.29) is 5.91 Å². The van der Waals surface area contributed by atoms with Crippen molar-refractivity contribution in [1.29, 1.82) is 0 Å². The number of carbonyl (C=O) groups excluding carboxylic acids is 1. The maximum absolute atomic E-state index is 12.2. The fourth-order valence-electron chi connectivity index (χ4n) is 2.57. The number of hydrogen-bond donors (Lipinski definition) is 1. The van der Waals surface area contributed by atoms with E-state index < -0.39 is 0 Å². The van der Waals surface area contributed by atoms with Gasteiger partial charge in [0.2, 0.25) is 5.91 Å². The lowest BCUT2D eigenvalue weighted by molar-refractivity contribution is -0.111. The molecule has 0 bridgehead atoms. The third-order valence-electron chi connectivity index (χ3n) is 3.97. The summed E-state index contributed by atoms with van der Waals surface area (Å²) >= 11 is 0. The molecule has 1 amide bonds. The van der Waals surface area contributed by atoms with Crippen LogP contribution >= 0.6 is 0 Å². The van der Waals surface area contributed by atoms with Crippen LogP contribution in [0.4, 0.5) is 5.69 Å². The van der Waals surface area contributed by atoms with Crippen LogP contribution in [-0.2, 0) is 4.79 Å². The number of nitrogens with zero attached hydrogens (tertiary/aromatic N) is 1. The molecule has 0 aliphatic carbocycles. The first kappa shape index (κ1) is 15.9. The van der Waals surface area contributed by atoms with Crippen LogP contribution in [0, 0.1) is 0 Å². The first-order chi connectivity index (χ1) is 11.6. The molecule has 1 heterocycles. The van der Waals surface area contributed by atoms with Crippen LogP contribution in [0.2, 0.25) is 0 Å². The zero-order valence-electron chi connectivity index (χ0n) is 13.9. The summed E-state index contributed by atoms with van der Waals surface area (Å²) in [5.41, 5.74) is 3.09. The van der Waals surface area contributed by atoms with Gasteiger partial charge in [0.15, 0.2) is 0 Å². The Morgan fingerprint density at radius 3 is 2.62 bits per heavy atom. The van der Waals surface area contributed by atoms with Crippen molar-refractivity contribution in [2.75, 3.05) is 5.32 Å². The molecule has 3 nitrogen and oxygen atoms in total. The molecule has 0 spiro atoms. The molecular formula is C21H20N2O. The summed E-state index contributed by atoms with van der Waals surface area (Å²) < 4.78 is 0. The van der Waals surface area contributed by atoms with Gasteiger partial charge in [0.05, 0.1) is 0 Å². The molecule has 0 aliphatic rings. The van der Waals surface area contributed by atoms with Crippen molar-refractivity contribution in [3.63, 3.8) is 0 Å². The number of hydrogen-bond acceptors (Lipinski definition) is 2. The highest BCUT2D eigenvalue weighted by molar-refractivity contribution is 6.07. The van der Waals surface area contributed by atoms with Gasteiger partial charge in [0.1, 0.15) is 0 Å². The van der Waals surface area contributed by atoms with Crippen molar-refractivity contribution >= 4 is 28.4 Å². The molecular weight excluding hydrogens is 296 g/mol. The highest BCUT2D eigenvalue weighted by atomic mass is 16.1. The topological polar surface area (TPSA) is 42.0 Å². The summed E-state index contributed by atoms with van der Waals surface area (Å²) in [5.74, 6) is 0.361. The largest absolute Gasteiger partial charge is 0.322 e. The first-order valence-corrected chi connectivity index (χ1v) is 8.05. The van der Waals surface area contributed by atoms with Crippen molar-refractivity contribution in [3.05, 3.63) is 78.1 Å². The van der Waals surface area contributed by atoms with Crippen LogP contribution in [0.15, 0.2) is 67.0 Å². The molecule has 0 atom stereocenters. The van der Waals surface area contributed by atoms with Crippen LogP contribution in [0.5, 0.6) is 0 Å². The second-order valence-electron chi connectivity index (χ2n) is 6.05. The summed E-state index contributed by atoms with van der Waals surface area (Å²) in [7, 11) is 0. The lowest BCUT2D eigenvalue weighted by Crippen LogP contribution is -2.08. The van der Waals surface area contributed by atoms with Crippen LogP contribution < -0.4 is 5.32 Å². The number of rotatable bonds is 4. The van der Waals surface area contributed by atoms with E-state index in [4.69, 9.17) is 0 Å². The van der Waals surface area contributed by atoms with Gasteiger partial charge in [-0.3, -0.25) is 9.78 Å². The van der Waals surface area contributed by atoms with Crippen LogP contribution in [0.25, 0.3) is 16.8 Å². The van der Waals surface area contributed by atoms with Crippen molar-refractivity contribution in [1.82, 2.24) is 4.98 Å². The van der Waals surface area contributed by atoms with E-state index in [0.29, 0.717) is 5.92 Å². The van der Waals surface area contributed by atoms with E-state index in [9.17, 15) is 4.79 Å². The Bertz CT molecular complexity index is 874. The monoisotopic (exact) mass is 316 g/mol. The number of nitrogens with one attached hydrogen (secondary N) is 1. The van der Waals surface area contributed by atoms with Crippen LogP contribution in [0.1, 0.15) is 30.9 Å². The SMILES string of the molecule is CC(C)c1ccc(/C=C/C(=O)Nc2cccc3cnccc23)cc1. The van der Waals surface area contributed by atoms with Crippen molar-refractivity contribution in [2.24, 2.45) is 0 Å². The van der Waals surface area contributed by atoms with E-state index in [1.54, 1.807) is 18.5 Å². The molecule has 2 aromatic carbocycles. The van der Waals surface area contributed by atoms with E-state index in [1.807, 2.05) is 42.5 Å². The number of amides is 1. The fourth-order valence-corrected chi connectivity index (χ4v) is 2.57. The zero-order chi connectivity index (χ0) is 16.9. The Kier molecular flexibility index (Phi) is 4.71. The molecule has 3 aromatic rings. The minimum Gasteiger partial charge on any atom is -0.322 e. The van der Waals surface area contributed by atoms with Crippen molar-refractivity contribution in [3.8, 4) is 0 Å². The Hall–Kier alpha value is -2.94. The second kappa shape index (κ2) is 7.09. The van der Waals surface area contributed by atoms with Gasteiger partial charge in [-0.1, -0.05) is 50.2 Å². The number of benzene rings is 2. The van der Waals surface area contributed by atoms with Gasteiger partial charge in [0.25, 0.3) is 0 Å². The molecule has 0 saturated carbocycles. The average Bonchev–Trinajstić information content (AvgIpc) is 2.61. The van der Waals surface area contributed by atoms with Gasteiger partial charge in [-0.05, 0) is 35.3 Å². The van der Waals surface area contributed by atoms with Gasteiger partial charge in [-0.25, -0.2) is 0 Å². The minimum absolute atomic E-state index is 0.146. The molecule has 120 valence electrons. The Labute approximate surface area is 142 Å². The van der Waals surface area contributed by atoms with Crippen LogP contribution in [0.3, 0.4) is 0 Å². The molecule has 0 fully saturated rings. The number of fused-ring (bicyclic) bond motifs is 1. The number of pyridine rings is 1. The van der Waals surface area contributed by atoms with Gasteiger partial charge < -0.3 is 5.32 Å². The predicted molar refractivity (Wildman–Crippen MR) is 99.9 cm³/mol. The van der Waals surface area contributed by atoms with E-state index in [2.05, 4.69) is 36.3 Å². The smallest absolute Gasteiger partial charge is 0.248 e. The Balaban J connectivity index is 1.73. The van der Waals surface area contributed by atoms with Crippen molar-refractivity contribution < 1.29 is 4.79 Å². The van der Waals surface area contributed by atoms with Gasteiger partial charge in [-0.15, -0.1) is 0 Å². The summed E-state index contributed by atoms with van der Waals surface area (Å²) in [4.78, 5) is 16.3. The number of carbonyl (C=O) groups is 1. The number of aromatic nitrogens is 1. The van der Waals surface area contributed by atoms with Gasteiger partial charge in [-0.2, -0.15) is 0 Å². The van der Waals surface area contributed by atoms with Crippen LogP contribution in [-0.4, -0.2) is 10.9 Å². The standard InChI is InChI=1S/C21H20N2O/c1-15(2)17-9-6-16(7-10-17)8-11-21(24)23-20-5-3-4-18-14-22-13-12-19(18)20/h3-15H,1-2H3,(H,23,24)/b11-8+. The molecule has 0 saturated heterocycles. The summed E-state index contributed by atoms with van der Waals surface area (Å²) in [6.45, 7) is 4.33. The first-order valence-electron chi connectivity index (χ1n) is 8.05.